The van der Waals surface area contributed by atoms with Crippen LogP contribution >= 0.6 is 0 Å². The molecule has 84 valence electrons. The van der Waals surface area contributed by atoms with E-state index in [2.05, 4.69) is 13.8 Å². The fraction of sp³-hybridized carbons (Fsp3) is 0.500. The molecule has 0 heterocycles. The van der Waals surface area contributed by atoms with Gasteiger partial charge in [-0.1, -0.05) is 19.9 Å². The summed E-state index contributed by atoms with van der Waals surface area (Å²) >= 11 is 0. The van der Waals surface area contributed by atoms with E-state index in [9.17, 15) is 0 Å². The van der Waals surface area contributed by atoms with Crippen LogP contribution in [-0.2, 0) is 0 Å². The predicted molar refractivity (Wildman–Crippen MR) is 61.3 cm³/mol. The van der Waals surface area contributed by atoms with Crippen molar-refractivity contribution >= 4 is 0 Å². The molecule has 0 spiro atoms. The highest BCUT2D eigenvalue weighted by atomic mass is 16.5. The highest BCUT2D eigenvalue weighted by Crippen LogP contribution is 2.31. The SMILES string of the molecule is COc1ccc(C(N)C(C)C)c(OC)c1. The Kier molecular flexibility index (Phi) is 3.97. The van der Waals surface area contributed by atoms with Gasteiger partial charge in [0.15, 0.2) is 0 Å². The largest absolute Gasteiger partial charge is 0.497 e. The van der Waals surface area contributed by atoms with E-state index < -0.39 is 0 Å². The second-order valence-corrected chi connectivity index (χ2v) is 3.88. The van der Waals surface area contributed by atoms with Gasteiger partial charge in [0.2, 0.25) is 0 Å². The monoisotopic (exact) mass is 209 g/mol. The molecule has 1 rings (SSSR count). The maximum Gasteiger partial charge on any atom is 0.127 e. The quantitative estimate of drug-likeness (QED) is 0.828. The van der Waals surface area contributed by atoms with Crippen molar-refractivity contribution in [1.29, 1.82) is 0 Å². The summed E-state index contributed by atoms with van der Waals surface area (Å²) in [5.74, 6) is 1.95. The minimum Gasteiger partial charge on any atom is -0.497 e. The van der Waals surface area contributed by atoms with E-state index in [-0.39, 0.29) is 6.04 Å². The molecule has 3 heteroatoms. The average Bonchev–Trinajstić information content (AvgIpc) is 2.27. The highest BCUT2D eigenvalue weighted by Gasteiger charge is 2.15. The third-order valence-electron chi connectivity index (χ3n) is 2.52. The normalized spacial score (nSPS) is 12.7. The summed E-state index contributed by atoms with van der Waals surface area (Å²) in [7, 11) is 3.28. The minimum absolute atomic E-state index is 0.00847. The van der Waals surface area contributed by atoms with E-state index in [0.29, 0.717) is 5.92 Å². The molecule has 0 saturated heterocycles. The Balaban J connectivity index is 3.07. The standard InChI is InChI=1S/C12H19NO2/c1-8(2)12(13)10-6-5-9(14-3)7-11(10)15-4/h5-8,12H,13H2,1-4H3. The van der Waals surface area contributed by atoms with E-state index in [4.69, 9.17) is 15.2 Å². The van der Waals surface area contributed by atoms with Gasteiger partial charge in [0.25, 0.3) is 0 Å². The summed E-state index contributed by atoms with van der Waals surface area (Å²) < 4.78 is 10.4. The molecule has 0 bridgehead atoms. The van der Waals surface area contributed by atoms with Gasteiger partial charge < -0.3 is 15.2 Å². The van der Waals surface area contributed by atoms with Gasteiger partial charge in [-0.15, -0.1) is 0 Å². The molecule has 1 aromatic carbocycles. The molecule has 1 atom stereocenters. The molecular formula is C12H19NO2. The van der Waals surface area contributed by atoms with Crippen molar-refractivity contribution in [1.82, 2.24) is 0 Å². The molecule has 15 heavy (non-hydrogen) atoms. The lowest BCUT2D eigenvalue weighted by Gasteiger charge is -2.19. The van der Waals surface area contributed by atoms with E-state index >= 15 is 0 Å². The molecule has 0 aliphatic rings. The summed E-state index contributed by atoms with van der Waals surface area (Å²) in [6.45, 7) is 4.18. The number of hydrogen-bond donors (Lipinski definition) is 1. The molecule has 2 N–H and O–H groups in total. The molecule has 0 aromatic heterocycles. The van der Waals surface area contributed by atoms with Gasteiger partial charge in [0.05, 0.1) is 14.2 Å². The van der Waals surface area contributed by atoms with Crippen LogP contribution in [0.15, 0.2) is 18.2 Å². The summed E-state index contributed by atoms with van der Waals surface area (Å²) in [5.41, 5.74) is 7.11. The topological polar surface area (TPSA) is 44.5 Å². The van der Waals surface area contributed by atoms with Crippen LogP contribution in [0, 0.1) is 5.92 Å². The van der Waals surface area contributed by atoms with Gasteiger partial charge in [-0.3, -0.25) is 0 Å². The smallest absolute Gasteiger partial charge is 0.127 e. The zero-order valence-corrected chi connectivity index (χ0v) is 9.78. The Morgan fingerprint density at radius 3 is 2.27 bits per heavy atom. The molecule has 0 fully saturated rings. The van der Waals surface area contributed by atoms with Crippen molar-refractivity contribution in [2.75, 3.05) is 14.2 Å². The fourth-order valence-corrected chi connectivity index (χ4v) is 1.45. The van der Waals surface area contributed by atoms with Crippen LogP contribution < -0.4 is 15.2 Å². The summed E-state index contributed by atoms with van der Waals surface area (Å²) in [6, 6.07) is 5.71. The maximum absolute atomic E-state index is 6.08. The second-order valence-electron chi connectivity index (χ2n) is 3.88. The first-order chi connectivity index (χ1) is 7.10. The van der Waals surface area contributed by atoms with Crippen LogP contribution in [0.3, 0.4) is 0 Å². The number of methoxy groups -OCH3 is 2. The van der Waals surface area contributed by atoms with Crippen molar-refractivity contribution < 1.29 is 9.47 Å². The van der Waals surface area contributed by atoms with Crippen LogP contribution in [0.5, 0.6) is 11.5 Å². The second kappa shape index (κ2) is 5.03. The summed E-state index contributed by atoms with van der Waals surface area (Å²) in [6.07, 6.45) is 0. The van der Waals surface area contributed by atoms with Gasteiger partial charge in [-0.2, -0.15) is 0 Å². The number of ether oxygens (including phenoxy) is 2. The molecule has 0 radical (unpaired) electrons. The molecule has 1 unspecified atom stereocenters. The van der Waals surface area contributed by atoms with Crippen LogP contribution in [0.25, 0.3) is 0 Å². The van der Waals surface area contributed by atoms with E-state index in [1.807, 2.05) is 18.2 Å². The Labute approximate surface area is 91.2 Å². The molecular weight excluding hydrogens is 190 g/mol. The molecule has 0 amide bonds. The van der Waals surface area contributed by atoms with Gasteiger partial charge in [-0.05, 0) is 12.0 Å². The van der Waals surface area contributed by atoms with Gasteiger partial charge >= 0.3 is 0 Å². The average molecular weight is 209 g/mol. The number of rotatable bonds is 4. The zero-order chi connectivity index (χ0) is 11.4. The molecule has 0 aliphatic carbocycles. The van der Waals surface area contributed by atoms with Crippen LogP contribution in [0.1, 0.15) is 25.5 Å². The lowest BCUT2D eigenvalue weighted by molar-refractivity contribution is 0.382. The first-order valence-electron chi connectivity index (χ1n) is 5.07. The number of nitrogens with two attached hydrogens (primary N) is 1. The Morgan fingerprint density at radius 1 is 1.13 bits per heavy atom. The summed E-state index contributed by atoms with van der Waals surface area (Å²) in [4.78, 5) is 0. The number of benzene rings is 1. The van der Waals surface area contributed by atoms with Crippen molar-refractivity contribution in [3.8, 4) is 11.5 Å². The van der Waals surface area contributed by atoms with E-state index in [0.717, 1.165) is 17.1 Å². The lowest BCUT2D eigenvalue weighted by atomic mass is 9.96. The van der Waals surface area contributed by atoms with Crippen LogP contribution in [0.2, 0.25) is 0 Å². The molecule has 0 aliphatic heterocycles. The number of hydrogen-bond acceptors (Lipinski definition) is 3. The van der Waals surface area contributed by atoms with Crippen LogP contribution in [-0.4, -0.2) is 14.2 Å². The van der Waals surface area contributed by atoms with Crippen molar-refractivity contribution in [3.63, 3.8) is 0 Å². The Bertz CT molecular complexity index is 323. The highest BCUT2D eigenvalue weighted by molar-refractivity contribution is 5.42. The predicted octanol–water partition coefficient (Wildman–Crippen LogP) is 2.36. The Hall–Kier alpha value is -1.22. The van der Waals surface area contributed by atoms with Crippen molar-refractivity contribution in [2.24, 2.45) is 11.7 Å². The fourth-order valence-electron chi connectivity index (χ4n) is 1.45. The van der Waals surface area contributed by atoms with Gasteiger partial charge in [0, 0.05) is 17.7 Å². The third kappa shape index (κ3) is 2.63. The van der Waals surface area contributed by atoms with Gasteiger partial charge in [0.1, 0.15) is 11.5 Å². The molecule has 1 aromatic rings. The van der Waals surface area contributed by atoms with E-state index in [1.54, 1.807) is 14.2 Å². The van der Waals surface area contributed by atoms with Crippen LogP contribution in [0.4, 0.5) is 0 Å². The Morgan fingerprint density at radius 2 is 1.80 bits per heavy atom. The lowest BCUT2D eigenvalue weighted by Crippen LogP contribution is -2.17. The molecule has 0 saturated carbocycles. The first-order valence-corrected chi connectivity index (χ1v) is 5.07. The van der Waals surface area contributed by atoms with E-state index in [1.165, 1.54) is 0 Å². The van der Waals surface area contributed by atoms with Crippen molar-refractivity contribution in [3.05, 3.63) is 23.8 Å². The van der Waals surface area contributed by atoms with Crippen molar-refractivity contribution in [2.45, 2.75) is 19.9 Å². The minimum atomic E-state index is -0.00847. The maximum atomic E-state index is 6.08. The first kappa shape index (κ1) is 11.9. The third-order valence-corrected chi connectivity index (χ3v) is 2.52. The van der Waals surface area contributed by atoms with Gasteiger partial charge in [-0.25, -0.2) is 0 Å². The summed E-state index contributed by atoms with van der Waals surface area (Å²) in [5, 5.41) is 0. The molecule has 3 nitrogen and oxygen atoms in total. The zero-order valence-electron chi connectivity index (χ0n) is 9.78.